The Morgan fingerprint density at radius 1 is 1.08 bits per heavy atom. The molecular formula is C19H17FO5. The van der Waals surface area contributed by atoms with Crippen LogP contribution in [-0.4, -0.2) is 24.4 Å². The standard InChI is InChI=1S/C19H17FO5/c20-17-4-2-1-3-14(17)10-23-11-15(21)12-24-16-7-5-13-6-8-19(22)25-18(13)9-16/h1-9,15,21H,10-12H2/t15-/m1/s1. The predicted molar refractivity (Wildman–Crippen MR) is 90.0 cm³/mol. The van der Waals surface area contributed by atoms with Gasteiger partial charge in [0.25, 0.3) is 0 Å². The van der Waals surface area contributed by atoms with E-state index in [1.165, 1.54) is 12.1 Å². The molecule has 25 heavy (non-hydrogen) atoms. The molecule has 0 fully saturated rings. The lowest BCUT2D eigenvalue weighted by molar-refractivity contribution is 0.00477. The summed E-state index contributed by atoms with van der Waals surface area (Å²) in [5.41, 5.74) is 0.404. The lowest BCUT2D eigenvalue weighted by Crippen LogP contribution is -2.23. The van der Waals surface area contributed by atoms with Crippen molar-refractivity contribution in [1.29, 1.82) is 0 Å². The van der Waals surface area contributed by atoms with Crippen LogP contribution in [0.4, 0.5) is 4.39 Å². The quantitative estimate of drug-likeness (QED) is 0.668. The minimum atomic E-state index is -0.870. The number of halogens is 1. The smallest absolute Gasteiger partial charge is 0.336 e. The highest BCUT2D eigenvalue weighted by atomic mass is 19.1. The lowest BCUT2D eigenvalue weighted by atomic mass is 10.2. The maximum atomic E-state index is 13.4. The highest BCUT2D eigenvalue weighted by molar-refractivity contribution is 5.77. The number of fused-ring (bicyclic) bond motifs is 1. The third-order valence-electron chi connectivity index (χ3n) is 3.56. The van der Waals surface area contributed by atoms with E-state index in [2.05, 4.69) is 0 Å². The molecule has 0 radical (unpaired) electrons. The van der Waals surface area contributed by atoms with Crippen molar-refractivity contribution >= 4 is 11.0 Å². The van der Waals surface area contributed by atoms with Crippen LogP contribution in [0.1, 0.15) is 5.56 Å². The molecule has 130 valence electrons. The Morgan fingerprint density at radius 3 is 2.72 bits per heavy atom. The van der Waals surface area contributed by atoms with Crippen LogP contribution in [0.25, 0.3) is 11.0 Å². The zero-order valence-electron chi connectivity index (χ0n) is 13.4. The second-order valence-corrected chi connectivity index (χ2v) is 5.53. The maximum Gasteiger partial charge on any atom is 0.336 e. The molecule has 5 nitrogen and oxygen atoms in total. The Labute approximate surface area is 143 Å². The topological polar surface area (TPSA) is 68.9 Å². The molecule has 0 saturated carbocycles. The second-order valence-electron chi connectivity index (χ2n) is 5.53. The van der Waals surface area contributed by atoms with Gasteiger partial charge in [-0.15, -0.1) is 0 Å². The van der Waals surface area contributed by atoms with E-state index in [0.29, 0.717) is 16.9 Å². The number of benzene rings is 2. The van der Waals surface area contributed by atoms with Crippen molar-refractivity contribution < 1.29 is 23.4 Å². The molecule has 0 amide bonds. The van der Waals surface area contributed by atoms with Gasteiger partial charge in [-0.05, 0) is 24.3 Å². The Bertz CT molecular complexity index is 905. The molecule has 2 aromatic carbocycles. The number of rotatable bonds is 7. The molecule has 0 spiro atoms. The second kappa shape index (κ2) is 7.92. The summed E-state index contributed by atoms with van der Waals surface area (Å²) in [7, 11) is 0. The summed E-state index contributed by atoms with van der Waals surface area (Å²) in [5, 5.41) is 10.7. The molecule has 0 aliphatic rings. The van der Waals surface area contributed by atoms with Crippen LogP contribution in [-0.2, 0) is 11.3 Å². The largest absolute Gasteiger partial charge is 0.491 e. The summed E-state index contributed by atoms with van der Waals surface area (Å²) in [5.74, 6) is 0.126. The molecule has 1 atom stereocenters. The van der Waals surface area contributed by atoms with Crippen molar-refractivity contribution in [3.05, 3.63) is 76.4 Å². The minimum Gasteiger partial charge on any atom is -0.491 e. The molecule has 1 heterocycles. The van der Waals surface area contributed by atoms with Crippen molar-refractivity contribution in [2.75, 3.05) is 13.2 Å². The highest BCUT2D eigenvalue weighted by Gasteiger charge is 2.08. The first-order valence-corrected chi connectivity index (χ1v) is 7.78. The van der Waals surface area contributed by atoms with Crippen molar-refractivity contribution in [2.24, 2.45) is 0 Å². The van der Waals surface area contributed by atoms with Crippen molar-refractivity contribution in [2.45, 2.75) is 12.7 Å². The van der Waals surface area contributed by atoms with E-state index in [4.69, 9.17) is 13.9 Å². The van der Waals surface area contributed by atoms with E-state index in [1.807, 2.05) is 0 Å². The van der Waals surface area contributed by atoms with Gasteiger partial charge in [-0.3, -0.25) is 0 Å². The summed E-state index contributed by atoms with van der Waals surface area (Å²) in [6.07, 6.45) is -0.870. The van der Waals surface area contributed by atoms with Gasteiger partial charge in [0.1, 0.15) is 29.9 Å². The summed E-state index contributed by atoms with van der Waals surface area (Å²) >= 11 is 0. The van der Waals surface area contributed by atoms with Crippen LogP contribution >= 0.6 is 0 Å². The van der Waals surface area contributed by atoms with Gasteiger partial charge in [0, 0.05) is 23.1 Å². The van der Waals surface area contributed by atoms with Crippen LogP contribution < -0.4 is 10.4 Å². The van der Waals surface area contributed by atoms with E-state index in [0.717, 1.165) is 5.39 Å². The van der Waals surface area contributed by atoms with Gasteiger partial charge in [0.2, 0.25) is 0 Å². The number of hydrogen-bond acceptors (Lipinski definition) is 5. The van der Waals surface area contributed by atoms with Gasteiger partial charge in [-0.2, -0.15) is 0 Å². The van der Waals surface area contributed by atoms with E-state index in [9.17, 15) is 14.3 Å². The fourth-order valence-electron chi connectivity index (χ4n) is 2.29. The van der Waals surface area contributed by atoms with Crippen LogP contribution in [0.3, 0.4) is 0 Å². The van der Waals surface area contributed by atoms with E-state index < -0.39 is 11.7 Å². The first kappa shape index (κ1) is 17.1. The molecule has 1 aromatic heterocycles. The van der Waals surface area contributed by atoms with Crippen molar-refractivity contribution in [1.82, 2.24) is 0 Å². The van der Waals surface area contributed by atoms with Crippen LogP contribution in [0, 0.1) is 5.82 Å². The van der Waals surface area contributed by atoms with E-state index >= 15 is 0 Å². The number of aliphatic hydroxyl groups excluding tert-OH is 1. The average Bonchev–Trinajstić information content (AvgIpc) is 2.61. The number of ether oxygens (including phenoxy) is 2. The summed E-state index contributed by atoms with van der Waals surface area (Å²) in [6.45, 7) is 0.0850. The van der Waals surface area contributed by atoms with Gasteiger partial charge in [0.15, 0.2) is 0 Å². The third-order valence-corrected chi connectivity index (χ3v) is 3.56. The SMILES string of the molecule is O=c1ccc2ccc(OC[C@H](O)COCc3ccccc3F)cc2o1. The Morgan fingerprint density at radius 2 is 1.88 bits per heavy atom. The van der Waals surface area contributed by atoms with Gasteiger partial charge in [-0.25, -0.2) is 9.18 Å². The van der Waals surface area contributed by atoms with Crippen LogP contribution in [0.2, 0.25) is 0 Å². The van der Waals surface area contributed by atoms with Crippen LogP contribution in [0.5, 0.6) is 5.75 Å². The molecule has 1 N–H and O–H groups in total. The lowest BCUT2D eigenvalue weighted by Gasteiger charge is -2.13. The molecule has 6 heteroatoms. The summed E-state index contributed by atoms with van der Waals surface area (Å²) in [6, 6.07) is 14.4. The van der Waals surface area contributed by atoms with E-state index in [1.54, 1.807) is 42.5 Å². The molecule has 3 aromatic rings. The van der Waals surface area contributed by atoms with Gasteiger partial charge in [-0.1, -0.05) is 18.2 Å². The molecule has 0 unspecified atom stereocenters. The van der Waals surface area contributed by atoms with Crippen molar-refractivity contribution in [3.8, 4) is 5.75 Å². The monoisotopic (exact) mass is 344 g/mol. The van der Waals surface area contributed by atoms with Crippen LogP contribution in [0.15, 0.2) is 63.8 Å². The normalized spacial score (nSPS) is 12.2. The van der Waals surface area contributed by atoms with Gasteiger partial charge in [0.05, 0.1) is 13.2 Å². The molecule has 0 aliphatic carbocycles. The first-order valence-electron chi connectivity index (χ1n) is 7.78. The molecule has 0 aliphatic heterocycles. The van der Waals surface area contributed by atoms with E-state index in [-0.39, 0.29) is 25.6 Å². The third kappa shape index (κ3) is 4.65. The minimum absolute atomic E-state index is 0.000155. The first-order chi connectivity index (χ1) is 12.1. The zero-order chi connectivity index (χ0) is 17.6. The molecule has 0 saturated heterocycles. The predicted octanol–water partition coefficient (Wildman–Crippen LogP) is 2.89. The number of aliphatic hydroxyl groups is 1. The zero-order valence-corrected chi connectivity index (χ0v) is 13.4. The summed E-state index contributed by atoms with van der Waals surface area (Å²) in [4.78, 5) is 11.2. The Balaban J connectivity index is 1.49. The molecule has 0 bridgehead atoms. The Hall–Kier alpha value is -2.70. The summed E-state index contributed by atoms with van der Waals surface area (Å²) < 4.78 is 29.3. The highest BCUT2D eigenvalue weighted by Crippen LogP contribution is 2.19. The molecule has 3 rings (SSSR count). The fraction of sp³-hybridized carbons (Fsp3) is 0.211. The maximum absolute atomic E-state index is 13.4. The molecular weight excluding hydrogens is 327 g/mol. The average molecular weight is 344 g/mol. The van der Waals surface area contributed by atoms with Gasteiger partial charge >= 0.3 is 5.63 Å². The Kier molecular flexibility index (Phi) is 5.42. The van der Waals surface area contributed by atoms with Crippen molar-refractivity contribution in [3.63, 3.8) is 0 Å². The van der Waals surface area contributed by atoms with Gasteiger partial charge < -0.3 is 19.0 Å². The fourth-order valence-corrected chi connectivity index (χ4v) is 2.29. The number of hydrogen-bond donors (Lipinski definition) is 1.